The quantitative estimate of drug-likeness (QED) is 0.691. The minimum absolute atomic E-state index is 0.123. The molecule has 0 fully saturated rings. The van der Waals surface area contributed by atoms with Gasteiger partial charge in [0.1, 0.15) is 6.04 Å². The number of nitro groups is 1. The molecule has 0 unspecified atom stereocenters. The average molecular weight is 280 g/mol. The topological polar surface area (TPSA) is 69.3 Å². The van der Waals surface area contributed by atoms with Gasteiger partial charge in [0.25, 0.3) is 0 Å². The maximum atomic E-state index is 13.2. The summed E-state index contributed by atoms with van der Waals surface area (Å²) in [5, 5.41) is 13.7. The number of rotatable bonds is 4. The summed E-state index contributed by atoms with van der Waals surface area (Å²) in [5.41, 5.74) is 0.359. The normalized spacial score (nSPS) is 11.9. The fourth-order valence-corrected chi connectivity index (χ4v) is 1.78. The number of aromatic amines is 1. The Morgan fingerprint density at radius 3 is 2.70 bits per heavy atom. The zero-order chi connectivity index (χ0) is 14.7. The second kappa shape index (κ2) is 5.60. The van der Waals surface area contributed by atoms with Crippen molar-refractivity contribution in [2.75, 3.05) is 5.32 Å². The molecule has 0 saturated carbocycles. The van der Waals surface area contributed by atoms with Crippen LogP contribution < -0.4 is 10.3 Å². The number of H-pyrrole nitrogens is 1. The minimum Gasteiger partial charge on any atom is -0.262 e. The highest BCUT2D eigenvalue weighted by Crippen LogP contribution is 2.24. The molecule has 1 aromatic heterocycles. The molecule has 0 aliphatic carbocycles. The van der Waals surface area contributed by atoms with Gasteiger partial charge in [0, 0.05) is 6.07 Å². The average Bonchev–Trinajstić information content (AvgIpc) is 2.42. The Morgan fingerprint density at radius 2 is 2.05 bits per heavy atom. The number of hydrogen-bond donors (Lipinski definition) is 1. The predicted octanol–water partition coefficient (Wildman–Crippen LogP) is 2.86. The van der Waals surface area contributed by atoms with Crippen LogP contribution in [-0.4, -0.2) is 4.92 Å². The first kappa shape index (κ1) is 13.9. The van der Waals surface area contributed by atoms with Gasteiger partial charge in [-0.05, 0) is 30.7 Å². The Kier molecular flexibility index (Phi) is 3.88. The number of anilines is 1. The summed E-state index contributed by atoms with van der Waals surface area (Å²) in [6.45, 7) is 1.69. The number of hydrogen-bond acceptors (Lipinski definition) is 3. The fraction of sp³-hybridized carbons (Fsp3) is 0.154. The summed E-state index contributed by atoms with van der Waals surface area (Å²) in [5.74, 6) is -1.68. The standard InChI is InChI=1S/C13H11F2N3O2/c1-8(9-4-5-10(14)11(15)7-9)17-13-12(18(19)20)3-2-6-16-13/h2-8H,1H3,(H,16,17)/p+1/t8-/m1/s1. The minimum atomic E-state index is -0.956. The lowest BCUT2D eigenvalue weighted by molar-refractivity contribution is -0.409. The fourth-order valence-electron chi connectivity index (χ4n) is 1.78. The Labute approximate surface area is 113 Å². The molecule has 0 bridgehead atoms. The van der Waals surface area contributed by atoms with E-state index >= 15 is 0 Å². The third-order valence-electron chi connectivity index (χ3n) is 2.84. The first-order chi connectivity index (χ1) is 9.49. The maximum Gasteiger partial charge on any atom is 0.357 e. The monoisotopic (exact) mass is 280 g/mol. The highest BCUT2D eigenvalue weighted by Gasteiger charge is 2.23. The van der Waals surface area contributed by atoms with E-state index in [0.29, 0.717) is 5.56 Å². The van der Waals surface area contributed by atoms with Crippen molar-refractivity contribution in [1.29, 1.82) is 0 Å². The van der Waals surface area contributed by atoms with E-state index in [1.807, 2.05) is 0 Å². The van der Waals surface area contributed by atoms with Crippen LogP contribution in [0.2, 0.25) is 0 Å². The second-order valence-corrected chi connectivity index (χ2v) is 4.23. The zero-order valence-corrected chi connectivity index (χ0v) is 10.6. The van der Waals surface area contributed by atoms with E-state index in [1.54, 1.807) is 6.92 Å². The zero-order valence-electron chi connectivity index (χ0n) is 10.6. The molecule has 1 atom stereocenters. The van der Waals surface area contributed by atoms with Crippen molar-refractivity contribution in [2.24, 2.45) is 0 Å². The van der Waals surface area contributed by atoms with Gasteiger partial charge in [0.15, 0.2) is 11.6 Å². The Balaban J connectivity index is 2.25. The van der Waals surface area contributed by atoms with Crippen LogP contribution >= 0.6 is 0 Å². The Morgan fingerprint density at radius 1 is 1.30 bits per heavy atom. The Hall–Kier alpha value is -2.57. The first-order valence-corrected chi connectivity index (χ1v) is 5.85. The van der Waals surface area contributed by atoms with Gasteiger partial charge in [-0.2, -0.15) is 0 Å². The smallest absolute Gasteiger partial charge is 0.262 e. The number of halogens is 2. The van der Waals surface area contributed by atoms with E-state index in [0.717, 1.165) is 12.1 Å². The van der Waals surface area contributed by atoms with Crippen molar-refractivity contribution in [2.45, 2.75) is 13.0 Å². The number of aromatic nitrogens is 1. The van der Waals surface area contributed by atoms with Crippen LogP contribution in [-0.2, 0) is 0 Å². The van der Waals surface area contributed by atoms with E-state index < -0.39 is 22.6 Å². The van der Waals surface area contributed by atoms with Crippen molar-refractivity contribution in [3.8, 4) is 0 Å². The molecule has 5 nitrogen and oxygen atoms in total. The molecule has 0 spiro atoms. The molecule has 7 heteroatoms. The molecule has 2 aromatic rings. The summed E-state index contributed by atoms with van der Waals surface area (Å²) in [7, 11) is 0. The highest BCUT2D eigenvalue weighted by molar-refractivity contribution is 5.52. The molecule has 20 heavy (non-hydrogen) atoms. The van der Waals surface area contributed by atoms with Gasteiger partial charge in [-0.15, -0.1) is 0 Å². The molecular formula is C13H12F2N3O2+. The van der Waals surface area contributed by atoms with Gasteiger partial charge in [0.2, 0.25) is 0 Å². The van der Waals surface area contributed by atoms with E-state index in [2.05, 4.69) is 10.3 Å². The molecule has 2 N–H and O–H groups in total. The Bertz CT molecular complexity index is 649. The molecule has 1 heterocycles. The van der Waals surface area contributed by atoms with Crippen LogP contribution in [0.3, 0.4) is 0 Å². The lowest BCUT2D eigenvalue weighted by Gasteiger charge is -2.09. The molecule has 0 saturated heterocycles. The van der Waals surface area contributed by atoms with Gasteiger partial charge in [-0.25, -0.2) is 13.8 Å². The highest BCUT2D eigenvalue weighted by atomic mass is 19.2. The lowest BCUT2D eigenvalue weighted by atomic mass is 10.1. The van der Waals surface area contributed by atoms with Crippen molar-refractivity contribution >= 4 is 11.5 Å². The third-order valence-corrected chi connectivity index (χ3v) is 2.84. The van der Waals surface area contributed by atoms with E-state index in [4.69, 9.17) is 0 Å². The summed E-state index contributed by atoms with van der Waals surface area (Å²) in [6, 6.07) is 5.92. The number of nitrogens with zero attached hydrogens (tertiary/aromatic N) is 1. The van der Waals surface area contributed by atoms with Crippen LogP contribution in [0.15, 0.2) is 36.5 Å². The number of pyridine rings is 1. The van der Waals surface area contributed by atoms with Crippen molar-refractivity contribution in [3.63, 3.8) is 0 Å². The van der Waals surface area contributed by atoms with E-state index in [9.17, 15) is 18.9 Å². The van der Waals surface area contributed by atoms with Gasteiger partial charge in [-0.3, -0.25) is 15.4 Å². The lowest BCUT2D eigenvalue weighted by Crippen LogP contribution is -2.17. The van der Waals surface area contributed by atoms with Crippen LogP contribution in [0, 0.1) is 21.7 Å². The maximum absolute atomic E-state index is 13.2. The largest absolute Gasteiger partial charge is 0.357 e. The van der Waals surface area contributed by atoms with Crippen LogP contribution in [0.1, 0.15) is 18.5 Å². The molecular weight excluding hydrogens is 268 g/mol. The van der Waals surface area contributed by atoms with Gasteiger partial charge >= 0.3 is 11.5 Å². The van der Waals surface area contributed by atoms with Crippen molar-refractivity contribution in [1.82, 2.24) is 0 Å². The molecule has 104 valence electrons. The van der Waals surface area contributed by atoms with E-state index in [1.165, 1.54) is 24.4 Å². The summed E-state index contributed by atoms with van der Waals surface area (Å²) in [6.07, 6.45) is 1.54. The second-order valence-electron chi connectivity index (χ2n) is 4.23. The van der Waals surface area contributed by atoms with Gasteiger partial charge in [-0.1, -0.05) is 6.07 Å². The molecule has 0 amide bonds. The predicted molar refractivity (Wildman–Crippen MR) is 68.0 cm³/mol. The molecule has 2 rings (SSSR count). The summed E-state index contributed by atoms with van der Waals surface area (Å²) >= 11 is 0. The molecule has 0 aliphatic rings. The van der Waals surface area contributed by atoms with Crippen molar-refractivity contribution in [3.05, 3.63) is 63.8 Å². The van der Waals surface area contributed by atoms with Crippen LogP contribution in [0.4, 0.5) is 20.3 Å². The summed E-state index contributed by atoms with van der Waals surface area (Å²) < 4.78 is 26.0. The van der Waals surface area contributed by atoms with E-state index in [-0.39, 0.29) is 11.5 Å². The number of nitrogens with one attached hydrogen (secondary N) is 2. The molecule has 1 aromatic carbocycles. The van der Waals surface area contributed by atoms with Gasteiger partial charge < -0.3 is 0 Å². The van der Waals surface area contributed by atoms with Gasteiger partial charge in [0.05, 0.1) is 11.1 Å². The molecule has 0 radical (unpaired) electrons. The first-order valence-electron chi connectivity index (χ1n) is 5.85. The van der Waals surface area contributed by atoms with Crippen LogP contribution in [0.25, 0.3) is 0 Å². The summed E-state index contributed by atoms with van der Waals surface area (Å²) in [4.78, 5) is 13.1. The third kappa shape index (κ3) is 2.87. The number of benzene rings is 1. The van der Waals surface area contributed by atoms with Crippen LogP contribution in [0.5, 0.6) is 0 Å². The van der Waals surface area contributed by atoms with Crippen molar-refractivity contribution < 1.29 is 18.7 Å². The SMILES string of the molecule is C[C@@H](Nc1[nH+]cccc1[N+](=O)[O-])c1ccc(F)c(F)c1. The molecule has 0 aliphatic heterocycles.